The first-order valence-corrected chi connectivity index (χ1v) is 9.06. The van der Waals surface area contributed by atoms with E-state index in [2.05, 4.69) is 0 Å². The Bertz CT molecular complexity index is 315. The van der Waals surface area contributed by atoms with Gasteiger partial charge in [0.05, 0.1) is 11.5 Å². The van der Waals surface area contributed by atoms with Gasteiger partial charge in [0, 0.05) is 11.5 Å². The molecule has 0 unspecified atom stereocenters. The fourth-order valence-electron chi connectivity index (χ4n) is 0.397. The molecule has 0 heterocycles. The van der Waals surface area contributed by atoms with Crippen LogP contribution >= 0.6 is 21.6 Å². The zero-order valence-electron chi connectivity index (χ0n) is 6.99. The second-order valence-corrected chi connectivity index (χ2v) is 8.06. The summed E-state index contributed by atoms with van der Waals surface area (Å²) < 4.78 is 57.5. The van der Waals surface area contributed by atoms with Gasteiger partial charge >= 0.3 is 59.1 Å². The number of hydrogen-bond donors (Lipinski definition) is 2. The fourth-order valence-corrected chi connectivity index (χ4v) is 4.79. The van der Waals surface area contributed by atoms with E-state index < -0.39 is 20.2 Å². The summed E-state index contributed by atoms with van der Waals surface area (Å²) >= 11 is 0. The van der Waals surface area contributed by atoms with E-state index in [4.69, 9.17) is 9.11 Å². The molecule has 0 spiro atoms. The summed E-state index contributed by atoms with van der Waals surface area (Å²) in [6, 6.07) is 0. The second-order valence-electron chi connectivity index (χ2n) is 2.22. The number of hydrogen-bond acceptors (Lipinski definition) is 6. The molecular formula is C4H12Na2O6S4. The third-order valence-electron chi connectivity index (χ3n) is 0.933. The van der Waals surface area contributed by atoms with Crippen LogP contribution in [-0.2, 0) is 20.2 Å². The topological polar surface area (TPSA) is 109 Å². The zero-order chi connectivity index (χ0) is 11.2. The summed E-state index contributed by atoms with van der Waals surface area (Å²) in [4.78, 5) is 0. The SMILES string of the molecule is O=S(=O)(O)CCSSCCS(=O)(=O)O.[NaH].[NaH]. The molecule has 0 atom stereocenters. The monoisotopic (exact) mass is 330 g/mol. The van der Waals surface area contributed by atoms with E-state index in [1.54, 1.807) is 0 Å². The molecule has 0 aliphatic heterocycles. The van der Waals surface area contributed by atoms with Gasteiger partial charge in [0.2, 0.25) is 0 Å². The van der Waals surface area contributed by atoms with Crippen LogP contribution in [0.2, 0.25) is 0 Å². The van der Waals surface area contributed by atoms with Crippen molar-refractivity contribution in [1.82, 2.24) is 0 Å². The van der Waals surface area contributed by atoms with E-state index in [1.165, 1.54) is 0 Å². The van der Waals surface area contributed by atoms with Crippen molar-refractivity contribution in [1.29, 1.82) is 0 Å². The van der Waals surface area contributed by atoms with Crippen LogP contribution in [0.3, 0.4) is 0 Å². The van der Waals surface area contributed by atoms with Crippen molar-refractivity contribution < 1.29 is 25.9 Å². The van der Waals surface area contributed by atoms with Crippen LogP contribution in [0.4, 0.5) is 0 Å². The molecule has 16 heavy (non-hydrogen) atoms. The molecule has 0 aliphatic carbocycles. The van der Waals surface area contributed by atoms with Gasteiger partial charge in [-0.05, 0) is 0 Å². The predicted molar refractivity (Wildman–Crippen MR) is 72.0 cm³/mol. The van der Waals surface area contributed by atoms with Crippen LogP contribution in [0.1, 0.15) is 0 Å². The molecule has 0 amide bonds. The summed E-state index contributed by atoms with van der Waals surface area (Å²) in [5.74, 6) is -0.378. The van der Waals surface area contributed by atoms with Crippen molar-refractivity contribution in [2.45, 2.75) is 0 Å². The molecule has 0 aliphatic rings. The maximum atomic E-state index is 10.2. The summed E-state index contributed by atoms with van der Waals surface area (Å²) in [7, 11) is -5.64. The zero-order valence-corrected chi connectivity index (χ0v) is 10.3. The number of rotatable bonds is 7. The van der Waals surface area contributed by atoms with E-state index in [0.717, 1.165) is 21.6 Å². The first-order chi connectivity index (χ1) is 6.21. The van der Waals surface area contributed by atoms with Gasteiger partial charge in [0.25, 0.3) is 20.2 Å². The van der Waals surface area contributed by atoms with Crippen LogP contribution in [0, 0.1) is 0 Å². The van der Waals surface area contributed by atoms with Gasteiger partial charge in [-0.2, -0.15) is 16.8 Å². The van der Waals surface area contributed by atoms with Crippen LogP contribution in [0.15, 0.2) is 0 Å². The molecule has 2 N–H and O–H groups in total. The van der Waals surface area contributed by atoms with Crippen molar-refractivity contribution in [3.05, 3.63) is 0 Å². The maximum absolute atomic E-state index is 10.2. The molecule has 0 aromatic carbocycles. The summed E-state index contributed by atoms with van der Waals surface area (Å²) in [6.45, 7) is 0. The molecule has 0 bridgehead atoms. The minimum absolute atomic E-state index is 0. The Balaban J connectivity index is -0.000000845. The fraction of sp³-hybridized carbons (Fsp3) is 1.00. The molecule has 0 radical (unpaired) electrons. The van der Waals surface area contributed by atoms with Crippen molar-refractivity contribution in [3.8, 4) is 0 Å². The molecule has 90 valence electrons. The molecule has 0 fully saturated rings. The average molecular weight is 330 g/mol. The molecular weight excluding hydrogens is 318 g/mol. The summed E-state index contributed by atoms with van der Waals surface area (Å²) in [5.41, 5.74) is 0. The third kappa shape index (κ3) is 21.8. The van der Waals surface area contributed by atoms with Gasteiger partial charge in [-0.3, -0.25) is 9.11 Å². The van der Waals surface area contributed by atoms with Gasteiger partial charge in [-0.25, -0.2) is 0 Å². The summed E-state index contributed by atoms with van der Waals surface area (Å²) in [6.07, 6.45) is 0. The first kappa shape index (κ1) is 23.6. The van der Waals surface area contributed by atoms with Gasteiger partial charge in [-0.1, -0.05) is 21.6 Å². The molecule has 0 aromatic rings. The second kappa shape index (κ2) is 11.4. The average Bonchev–Trinajstić information content (AvgIpc) is 1.92. The van der Waals surface area contributed by atoms with Gasteiger partial charge in [0.15, 0.2) is 0 Å². The van der Waals surface area contributed by atoms with Crippen LogP contribution in [-0.4, -0.2) is 108 Å². The molecule has 0 rings (SSSR count). The standard InChI is InChI=1S/C4H10O6S4.2Na.2H/c5-13(6,7)3-1-11-12-2-4-14(8,9)10;;;;/h1-4H2,(H,5,6,7)(H,8,9,10);;;;. The van der Waals surface area contributed by atoms with E-state index in [0.29, 0.717) is 0 Å². The quantitative estimate of drug-likeness (QED) is 0.261. The molecule has 0 aromatic heterocycles. The van der Waals surface area contributed by atoms with Crippen molar-refractivity contribution in [3.63, 3.8) is 0 Å². The molecule has 6 nitrogen and oxygen atoms in total. The van der Waals surface area contributed by atoms with Crippen LogP contribution in [0.5, 0.6) is 0 Å². The Hall–Kier alpha value is 2.52. The van der Waals surface area contributed by atoms with E-state index in [9.17, 15) is 16.8 Å². The van der Waals surface area contributed by atoms with Crippen molar-refractivity contribution in [2.75, 3.05) is 23.0 Å². The Morgan fingerprint density at radius 3 is 1.19 bits per heavy atom. The molecule has 0 saturated heterocycles. The van der Waals surface area contributed by atoms with E-state index in [1.807, 2.05) is 0 Å². The van der Waals surface area contributed by atoms with Gasteiger partial charge in [0.1, 0.15) is 0 Å². The third-order valence-corrected chi connectivity index (χ3v) is 5.30. The van der Waals surface area contributed by atoms with Gasteiger partial charge < -0.3 is 0 Å². The predicted octanol–water partition coefficient (Wildman–Crippen LogP) is -1.15. The molecule has 0 saturated carbocycles. The normalized spacial score (nSPS) is 11.4. The Morgan fingerprint density at radius 2 is 1.00 bits per heavy atom. The van der Waals surface area contributed by atoms with Gasteiger partial charge in [-0.15, -0.1) is 0 Å². The van der Waals surface area contributed by atoms with E-state index in [-0.39, 0.29) is 82.1 Å². The first-order valence-electron chi connectivity index (χ1n) is 3.35. The van der Waals surface area contributed by atoms with Crippen LogP contribution < -0.4 is 0 Å². The van der Waals surface area contributed by atoms with Crippen molar-refractivity contribution in [2.24, 2.45) is 0 Å². The van der Waals surface area contributed by atoms with Crippen molar-refractivity contribution >= 4 is 101 Å². The van der Waals surface area contributed by atoms with Crippen LogP contribution in [0.25, 0.3) is 0 Å². The Morgan fingerprint density at radius 1 is 0.750 bits per heavy atom. The summed E-state index contributed by atoms with van der Waals surface area (Å²) in [5, 5.41) is 0. The van der Waals surface area contributed by atoms with E-state index >= 15 is 0 Å². The Labute approximate surface area is 148 Å². The minimum atomic E-state index is -3.94. The Kier molecular flexibility index (Phi) is 16.7. The molecule has 12 heteroatoms.